The topological polar surface area (TPSA) is 22.1 Å². The van der Waals surface area contributed by atoms with Gasteiger partial charge in [0.2, 0.25) is 0 Å². The zero-order chi connectivity index (χ0) is 12.7. The summed E-state index contributed by atoms with van der Waals surface area (Å²) in [6, 6.07) is 11.9. The summed E-state index contributed by atoms with van der Waals surface area (Å²) in [6.07, 6.45) is 0. The molecule has 0 spiro atoms. The van der Waals surface area contributed by atoms with E-state index in [0.29, 0.717) is 0 Å². The van der Waals surface area contributed by atoms with E-state index in [4.69, 9.17) is 16.3 Å². The predicted octanol–water partition coefficient (Wildman–Crippen LogP) is 4.36. The van der Waals surface area contributed by atoms with Gasteiger partial charge in [-0.15, -0.1) is 0 Å². The summed E-state index contributed by atoms with van der Waals surface area (Å²) >= 11 is 6.46. The predicted molar refractivity (Wildman–Crippen MR) is 75.5 cm³/mol. The molecule has 0 aliphatic rings. The van der Waals surface area contributed by atoms with Crippen LogP contribution in [0.25, 0.3) is 21.8 Å². The van der Waals surface area contributed by atoms with E-state index >= 15 is 0 Å². The molecule has 3 heteroatoms. The van der Waals surface area contributed by atoms with E-state index in [1.807, 2.05) is 43.3 Å². The number of aryl methyl sites for hydroxylation is 1. The zero-order valence-corrected chi connectivity index (χ0v) is 11.0. The zero-order valence-electron chi connectivity index (χ0n) is 10.2. The van der Waals surface area contributed by atoms with Crippen molar-refractivity contribution in [1.29, 1.82) is 0 Å². The van der Waals surface area contributed by atoms with Gasteiger partial charge in [-0.1, -0.05) is 23.7 Å². The first kappa shape index (κ1) is 11.3. The molecule has 90 valence electrons. The molecule has 0 unspecified atom stereocenters. The van der Waals surface area contributed by atoms with Crippen LogP contribution in [0.2, 0.25) is 5.02 Å². The molecule has 0 saturated heterocycles. The van der Waals surface area contributed by atoms with Crippen molar-refractivity contribution in [2.45, 2.75) is 6.92 Å². The van der Waals surface area contributed by atoms with Crippen LogP contribution in [0.3, 0.4) is 0 Å². The van der Waals surface area contributed by atoms with Gasteiger partial charge in [-0.25, -0.2) is 4.98 Å². The summed E-state index contributed by atoms with van der Waals surface area (Å²) in [5.74, 6) is 0.790. The smallest absolute Gasteiger partial charge is 0.119 e. The fourth-order valence-corrected chi connectivity index (χ4v) is 2.42. The van der Waals surface area contributed by atoms with Crippen LogP contribution in [-0.2, 0) is 0 Å². The van der Waals surface area contributed by atoms with E-state index in [0.717, 1.165) is 32.6 Å². The monoisotopic (exact) mass is 257 g/mol. The largest absolute Gasteiger partial charge is 0.497 e. The Balaban J connectivity index is 2.44. The maximum Gasteiger partial charge on any atom is 0.119 e. The molecule has 0 atom stereocenters. The molecule has 0 amide bonds. The van der Waals surface area contributed by atoms with E-state index in [1.54, 1.807) is 7.11 Å². The highest BCUT2D eigenvalue weighted by molar-refractivity contribution is 6.40. The Bertz CT molecular complexity index is 752. The molecule has 1 heterocycles. The highest BCUT2D eigenvalue weighted by Gasteiger charge is 2.08. The summed E-state index contributed by atoms with van der Waals surface area (Å²) in [5.41, 5.74) is 3.00. The van der Waals surface area contributed by atoms with Gasteiger partial charge in [-0.05, 0) is 36.8 Å². The van der Waals surface area contributed by atoms with Gasteiger partial charge in [0.05, 0.1) is 23.2 Å². The van der Waals surface area contributed by atoms with Gasteiger partial charge in [-0.2, -0.15) is 0 Å². The van der Waals surface area contributed by atoms with E-state index < -0.39 is 0 Å². The third kappa shape index (κ3) is 1.70. The van der Waals surface area contributed by atoms with E-state index in [9.17, 15) is 0 Å². The summed E-state index contributed by atoms with van der Waals surface area (Å²) in [4.78, 5) is 4.63. The molecule has 0 aliphatic carbocycles. The van der Waals surface area contributed by atoms with Crippen LogP contribution in [0.1, 0.15) is 5.56 Å². The lowest BCUT2D eigenvalue weighted by atomic mass is 10.1. The molecular formula is C15H12ClNO. The van der Waals surface area contributed by atoms with Crippen LogP contribution in [0, 0.1) is 6.92 Å². The number of methoxy groups -OCH3 is 1. The first-order chi connectivity index (χ1) is 8.69. The lowest BCUT2D eigenvalue weighted by Gasteiger charge is -2.07. The maximum absolute atomic E-state index is 6.46. The number of ether oxygens (including phenoxy) is 1. The maximum atomic E-state index is 6.46. The second kappa shape index (κ2) is 4.14. The van der Waals surface area contributed by atoms with Crippen molar-refractivity contribution in [3.63, 3.8) is 0 Å². The average molecular weight is 258 g/mol. The molecule has 2 aromatic carbocycles. The molecule has 0 radical (unpaired) electrons. The number of benzene rings is 2. The molecule has 0 N–H and O–H groups in total. The molecule has 0 saturated carbocycles. The van der Waals surface area contributed by atoms with Gasteiger partial charge >= 0.3 is 0 Å². The van der Waals surface area contributed by atoms with Crippen LogP contribution in [-0.4, -0.2) is 12.1 Å². The van der Waals surface area contributed by atoms with Crippen molar-refractivity contribution in [1.82, 2.24) is 4.98 Å². The third-order valence-corrected chi connectivity index (χ3v) is 3.48. The van der Waals surface area contributed by atoms with Crippen LogP contribution >= 0.6 is 11.6 Å². The summed E-state index contributed by atoms with van der Waals surface area (Å²) in [7, 11) is 1.65. The Morgan fingerprint density at radius 2 is 1.83 bits per heavy atom. The minimum atomic E-state index is 0.730. The Hall–Kier alpha value is -1.80. The Morgan fingerprint density at radius 3 is 2.61 bits per heavy atom. The van der Waals surface area contributed by atoms with Crippen LogP contribution in [0.15, 0.2) is 36.4 Å². The Kier molecular flexibility index (Phi) is 2.60. The molecule has 0 fully saturated rings. The van der Waals surface area contributed by atoms with Crippen molar-refractivity contribution < 1.29 is 4.74 Å². The minimum Gasteiger partial charge on any atom is -0.497 e. The quantitative estimate of drug-likeness (QED) is 0.605. The standard InChI is InChI=1S/C15H12ClNO/c1-9-3-5-11-14(7-9)17-13-6-4-10(18-2)8-12(13)15(11)16/h3-8H,1-2H3. The normalized spacial score (nSPS) is 11.1. The molecule has 18 heavy (non-hydrogen) atoms. The number of nitrogens with zero attached hydrogens (tertiary/aromatic N) is 1. The number of hydrogen-bond donors (Lipinski definition) is 0. The van der Waals surface area contributed by atoms with Crippen LogP contribution < -0.4 is 4.74 Å². The fraction of sp³-hybridized carbons (Fsp3) is 0.133. The average Bonchev–Trinajstić information content (AvgIpc) is 2.38. The van der Waals surface area contributed by atoms with Crippen molar-refractivity contribution in [2.75, 3.05) is 7.11 Å². The van der Waals surface area contributed by atoms with Gasteiger partial charge in [0, 0.05) is 10.8 Å². The SMILES string of the molecule is COc1ccc2nc3cc(C)ccc3c(Cl)c2c1. The van der Waals surface area contributed by atoms with Crippen molar-refractivity contribution >= 4 is 33.4 Å². The molecule has 0 bridgehead atoms. The molecule has 1 aromatic heterocycles. The minimum absolute atomic E-state index is 0.730. The van der Waals surface area contributed by atoms with Crippen LogP contribution in [0.5, 0.6) is 5.75 Å². The highest BCUT2D eigenvalue weighted by atomic mass is 35.5. The van der Waals surface area contributed by atoms with Gasteiger partial charge in [-0.3, -0.25) is 0 Å². The number of hydrogen-bond acceptors (Lipinski definition) is 2. The van der Waals surface area contributed by atoms with E-state index in [2.05, 4.69) is 4.98 Å². The number of fused-ring (bicyclic) bond motifs is 2. The van der Waals surface area contributed by atoms with Crippen molar-refractivity contribution in [3.05, 3.63) is 47.0 Å². The second-order valence-corrected chi connectivity index (χ2v) is 4.71. The number of rotatable bonds is 1. The van der Waals surface area contributed by atoms with E-state index in [-0.39, 0.29) is 0 Å². The van der Waals surface area contributed by atoms with Gasteiger partial charge in [0.25, 0.3) is 0 Å². The molecule has 2 nitrogen and oxygen atoms in total. The summed E-state index contributed by atoms with van der Waals surface area (Å²) in [5, 5.41) is 2.63. The first-order valence-electron chi connectivity index (χ1n) is 5.72. The molecule has 0 aliphatic heterocycles. The van der Waals surface area contributed by atoms with E-state index in [1.165, 1.54) is 5.56 Å². The van der Waals surface area contributed by atoms with Gasteiger partial charge < -0.3 is 4.74 Å². The third-order valence-electron chi connectivity index (χ3n) is 3.07. The molecule has 3 aromatic rings. The molecule has 3 rings (SSSR count). The molecular weight excluding hydrogens is 246 g/mol. The summed E-state index contributed by atoms with van der Waals surface area (Å²) in [6.45, 7) is 2.05. The Morgan fingerprint density at radius 1 is 1.00 bits per heavy atom. The van der Waals surface area contributed by atoms with Gasteiger partial charge in [0.1, 0.15) is 5.75 Å². The lowest BCUT2D eigenvalue weighted by molar-refractivity contribution is 0.415. The highest BCUT2D eigenvalue weighted by Crippen LogP contribution is 2.32. The number of aromatic nitrogens is 1. The lowest BCUT2D eigenvalue weighted by Crippen LogP contribution is -1.88. The van der Waals surface area contributed by atoms with Crippen molar-refractivity contribution in [2.24, 2.45) is 0 Å². The second-order valence-electron chi connectivity index (χ2n) is 4.33. The number of pyridine rings is 1. The van der Waals surface area contributed by atoms with Crippen molar-refractivity contribution in [3.8, 4) is 5.75 Å². The van der Waals surface area contributed by atoms with Gasteiger partial charge in [0.15, 0.2) is 0 Å². The fourth-order valence-electron chi connectivity index (χ4n) is 2.11. The number of halogens is 1. The van der Waals surface area contributed by atoms with Crippen LogP contribution in [0.4, 0.5) is 0 Å². The summed E-state index contributed by atoms with van der Waals surface area (Å²) < 4.78 is 5.22. The first-order valence-corrected chi connectivity index (χ1v) is 6.10. The Labute approximate surface area is 110 Å².